The van der Waals surface area contributed by atoms with Crippen molar-refractivity contribution < 1.29 is 9.59 Å². The fraction of sp³-hybridized carbons (Fsp3) is 0.250. The van der Waals surface area contributed by atoms with Crippen LogP contribution in [0.15, 0.2) is 75.4 Å². The Morgan fingerprint density at radius 2 is 1.71 bits per heavy atom. The fourth-order valence-electron chi connectivity index (χ4n) is 3.63. The first-order valence-electron chi connectivity index (χ1n) is 10.8. The standard InChI is InChI=1S/C24H24IN5O3S/c1-17(31)26-16-22(32)29-13-11-28(12-14-29)21-15-27-30(19-5-3-2-4-6-19)24(33)23(21)34-20-9-7-18(25)8-10-20/h2-10,15H,11-14,16H2,1H3,(H,26,31). The van der Waals surface area contributed by atoms with Gasteiger partial charge >= 0.3 is 0 Å². The number of halogens is 1. The third-order valence-corrected chi connectivity index (χ3v) is 7.23. The van der Waals surface area contributed by atoms with Crippen molar-refractivity contribution in [1.29, 1.82) is 0 Å². The lowest BCUT2D eigenvalue weighted by Gasteiger charge is -2.36. The molecule has 3 aromatic rings. The van der Waals surface area contributed by atoms with Crippen LogP contribution in [-0.2, 0) is 9.59 Å². The number of hydrogen-bond donors (Lipinski definition) is 1. The summed E-state index contributed by atoms with van der Waals surface area (Å²) in [5.74, 6) is -0.338. The Bertz CT molecular complexity index is 1230. The van der Waals surface area contributed by atoms with E-state index in [1.165, 1.54) is 23.4 Å². The summed E-state index contributed by atoms with van der Waals surface area (Å²) >= 11 is 3.68. The molecule has 1 N–H and O–H groups in total. The first-order valence-corrected chi connectivity index (χ1v) is 12.7. The molecule has 4 rings (SSSR count). The summed E-state index contributed by atoms with van der Waals surface area (Å²) in [6.45, 7) is 3.55. The van der Waals surface area contributed by atoms with Crippen molar-refractivity contribution in [3.05, 3.63) is 74.7 Å². The van der Waals surface area contributed by atoms with Crippen molar-refractivity contribution in [2.75, 3.05) is 37.6 Å². The monoisotopic (exact) mass is 589 g/mol. The minimum absolute atomic E-state index is 0.00207. The maximum atomic E-state index is 13.6. The summed E-state index contributed by atoms with van der Waals surface area (Å²) in [7, 11) is 0. The summed E-state index contributed by atoms with van der Waals surface area (Å²) in [6, 6.07) is 17.4. The lowest BCUT2D eigenvalue weighted by Crippen LogP contribution is -2.51. The normalized spacial score (nSPS) is 13.6. The molecule has 0 aliphatic carbocycles. The van der Waals surface area contributed by atoms with Gasteiger partial charge in [-0.05, 0) is 59.0 Å². The van der Waals surface area contributed by atoms with E-state index in [9.17, 15) is 14.4 Å². The van der Waals surface area contributed by atoms with Gasteiger partial charge < -0.3 is 15.1 Å². The summed E-state index contributed by atoms with van der Waals surface area (Å²) in [5.41, 5.74) is 1.28. The molecule has 0 spiro atoms. The molecule has 1 fully saturated rings. The second kappa shape index (κ2) is 11.0. The number of para-hydroxylation sites is 1. The number of hydrogen-bond acceptors (Lipinski definition) is 6. The third kappa shape index (κ3) is 5.79. The Hall–Kier alpha value is -2.86. The minimum Gasteiger partial charge on any atom is -0.366 e. The van der Waals surface area contributed by atoms with Crippen LogP contribution in [0.2, 0.25) is 0 Å². The van der Waals surface area contributed by atoms with Gasteiger partial charge in [-0.1, -0.05) is 30.0 Å². The van der Waals surface area contributed by atoms with Gasteiger partial charge in [0, 0.05) is 41.6 Å². The second-order valence-corrected chi connectivity index (χ2v) is 10.1. The number of nitrogens with zero attached hydrogens (tertiary/aromatic N) is 4. The molecule has 0 bridgehead atoms. The Morgan fingerprint density at radius 3 is 2.35 bits per heavy atom. The Kier molecular flexibility index (Phi) is 7.88. The topological polar surface area (TPSA) is 87.5 Å². The molecule has 0 atom stereocenters. The van der Waals surface area contributed by atoms with E-state index in [-0.39, 0.29) is 23.9 Å². The summed E-state index contributed by atoms with van der Waals surface area (Å²) in [4.78, 5) is 42.4. The SMILES string of the molecule is CC(=O)NCC(=O)N1CCN(c2cnn(-c3ccccc3)c(=O)c2Sc2ccc(I)cc2)CC1. The maximum Gasteiger partial charge on any atom is 0.287 e. The van der Waals surface area contributed by atoms with E-state index in [4.69, 9.17) is 0 Å². The van der Waals surface area contributed by atoms with Crippen molar-refractivity contribution in [2.24, 2.45) is 0 Å². The van der Waals surface area contributed by atoms with Crippen LogP contribution in [0.4, 0.5) is 5.69 Å². The molecule has 0 radical (unpaired) electrons. The Morgan fingerprint density at radius 1 is 1.03 bits per heavy atom. The molecule has 2 amide bonds. The van der Waals surface area contributed by atoms with Crippen molar-refractivity contribution in [1.82, 2.24) is 20.0 Å². The van der Waals surface area contributed by atoms with E-state index in [0.717, 1.165) is 14.2 Å². The van der Waals surface area contributed by atoms with Crippen LogP contribution in [0.3, 0.4) is 0 Å². The number of carbonyl (C=O) groups excluding carboxylic acids is 2. The van der Waals surface area contributed by atoms with Gasteiger partial charge in [0.2, 0.25) is 11.8 Å². The van der Waals surface area contributed by atoms with Gasteiger partial charge in [0.1, 0.15) is 4.90 Å². The number of nitrogens with one attached hydrogen (secondary N) is 1. The van der Waals surface area contributed by atoms with Gasteiger partial charge in [-0.3, -0.25) is 14.4 Å². The van der Waals surface area contributed by atoms with Crippen molar-refractivity contribution in [3.8, 4) is 5.69 Å². The van der Waals surface area contributed by atoms with E-state index in [2.05, 4.69) is 37.9 Å². The van der Waals surface area contributed by atoms with E-state index in [0.29, 0.717) is 36.8 Å². The van der Waals surface area contributed by atoms with Crippen LogP contribution in [0.1, 0.15) is 6.92 Å². The molecule has 2 aromatic carbocycles. The maximum absolute atomic E-state index is 13.6. The van der Waals surface area contributed by atoms with E-state index in [1.54, 1.807) is 11.1 Å². The first-order chi connectivity index (χ1) is 16.4. The number of rotatable bonds is 6. The molecule has 1 aromatic heterocycles. The molecule has 0 unspecified atom stereocenters. The lowest BCUT2D eigenvalue weighted by atomic mass is 10.2. The number of aromatic nitrogens is 2. The zero-order chi connectivity index (χ0) is 24.1. The third-order valence-electron chi connectivity index (χ3n) is 5.41. The molecule has 1 aliphatic heterocycles. The zero-order valence-electron chi connectivity index (χ0n) is 18.6. The van der Waals surface area contributed by atoms with E-state index in [1.807, 2.05) is 54.6 Å². The molecule has 1 aliphatic rings. The molecule has 0 saturated carbocycles. The Labute approximate surface area is 215 Å². The number of amides is 2. The first kappa shape index (κ1) is 24.3. The summed E-state index contributed by atoms with van der Waals surface area (Å²) < 4.78 is 2.55. The van der Waals surface area contributed by atoms with Crippen molar-refractivity contribution in [3.63, 3.8) is 0 Å². The molecule has 8 nitrogen and oxygen atoms in total. The molecule has 34 heavy (non-hydrogen) atoms. The highest BCUT2D eigenvalue weighted by atomic mass is 127. The lowest BCUT2D eigenvalue weighted by molar-refractivity contribution is -0.132. The van der Waals surface area contributed by atoms with Gasteiger partial charge in [0.05, 0.1) is 24.1 Å². The number of piperazine rings is 1. The molecule has 1 saturated heterocycles. The minimum atomic E-state index is -0.227. The highest BCUT2D eigenvalue weighted by Crippen LogP contribution is 2.33. The van der Waals surface area contributed by atoms with Crippen LogP contribution >= 0.6 is 34.4 Å². The molecular formula is C24H24IN5O3S. The number of carbonyl (C=O) groups is 2. The highest BCUT2D eigenvalue weighted by Gasteiger charge is 2.25. The predicted molar refractivity (Wildman–Crippen MR) is 141 cm³/mol. The van der Waals surface area contributed by atoms with Gasteiger partial charge in [-0.25, -0.2) is 0 Å². The smallest absolute Gasteiger partial charge is 0.287 e. The van der Waals surface area contributed by atoms with Crippen molar-refractivity contribution >= 4 is 51.9 Å². The number of anilines is 1. The average molecular weight is 589 g/mol. The van der Waals surface area contributed by atoms with Crippen LogP contribution in [0.5, 0.6) is 0 Å². The van der Waals surface area contributed by atoms with Crippen LogP contribution < -0.4 is 15.8 Å². The summed E-state index contributed by atoms with van der Waals surface area (Å²) in [6.07, 6.45) is 1.73. The highest BCUT2D eigenvalue weighted by molar-refractivity contribution is 14.1. The predicted octanol–water partition coefficient (Wildman–Crippen LogP) is 2.77. The van der Waals surface area contributed by atoms with Gasteiger partial charge in [-0.15, -0.1) is 0 Å². The second-order valence-electron chi connectivity index (χ2n) is 7.74. The molecule has 176 valence electrons. The van der Waals surface area contributed by atoms with Crippen LogP contribution in [0.25, 0.3) is 5.69 Å². The Balaban J connectivity index is 1.61. The average Bonchev–Trinajstić information content (AvgIpc) is 2.85. The van der Waals surface area contributed by atoms with Gasteiger partial charge in [-0.2, -0.15) is 9.78 Å². The quantitative estimate of drug-likeness (QED) is 0.446. The van der Waals surface area contributed by atoms with Gasteiger partial charge in [0.25, 0.3) is 5.56 Å². The number of benzene rings is 2. The fourth-order valence-corrected chi connectivity index (χ4v) is 4.96. The van der Waals surface area contributed by atoms with Crippen molar-refractivity contribution in [2.45, 2.75) is 16.7 Å². The van der Waals surface area contributed by atoms with Crippen LogP contribution in [0, 0.1) is 3.57 Å². The molecule has 10 heteroatoms. The van der Waals surface area contributed by atoms with E-state index >= 15 is 0 Å². The van der Waals surface area contributed by atoms with E-state index < -0.39 is 0 Å². The van der Waals surface area contributed by atoms with Crippen LogP contribution in [-0.4, -0.2) is 59.2 Å². The molecule has 2 heterocycles. The zero-order valence-corrected chi connectivity index (χ0v) is 21.6. The molecular weight excluding hydrogens is 565 g/mol. The largest absolute Gasteiger partial charge is 0.366 e. The summed E-state index contributed by atoms with van der Waals surface area (Å²) in [5, 5.41) is 7.02. The van der Waals surface area contributed by atoms with Gasteiger partial charge in [0.15, 0.2) is 0 Å².